The van der Waals surface area contributed by atoms with Crippen LogP contribution in [0.2, 0.25) is 0 Å². The molecule has 2 aromatic rings. The van der Waals surface area contributed by atoms with Crippen molar-refractivity contribution < 1.29 is 25.4 Å². The molecule has 4 aliphatic rings. The summed E-state index contributed by atoms with van der Waals surface area (Å²) in [6.07, 6.45) is 0. The zero-order valence-corrected chi connectivity index (χ0v) is 25.7. The van der Waals surface area contributed by atoms with E-state index in [1.807, 2.05) is 14.1 Å². The first-order chi connectivity index (χ1) is 19.1. The van der Waals surface area contributed by atoms with Gasteiger partial charge < -0.3 is 29.1 Å². The molecule has 0 saturated carbocycles. The number of morpholine rings is 2. The molecule has 4 aliphatic heterocycles. The van der Waals surface area contributed by atoms with Crippen molar-refractivity contribution in [3.63, 3.8) is 0 Å². The van der Waals surface area contributed by atoms with Gasteiger partial charge in [0.25, 0.3) is 0 Å². The molecule has 0 N–H and O–H groups in total. The average molecular weight is 668 g/mol. The molecule has 0 spiro atoms. The van der Waals surface area contributed by atoms with Crippen molar-refractivity contribution in [2.75, 3.05) is 112 Å². The molecule has 2 aromatic carbocycles. The fourth-order valence-electron chi connectivity index (χ4n) is 5.00. The van der Waals surface area contributed by atoms with Crippen molar-refractivity contribution in [1.82, 2.24) is 9.80 Å². The predicted octanol–water partition coefficient (Wildman–Crippen LogP) is 3.92. The molecule has 4 radical (unpaired) electrons. The molecular formula is C28H38Cl2N6O2Pd. The van der Waals surface area contributed by atoms with Gasteiger partial charge in [0.1, 0.15) is 0 Å². The second-order valence-electron chi connectivity index (χ2n) is 9.55. The molecule has 2 fully saturated rings. The molecule has 0 bridgehead atoms. The number of benzene rings is 2. The molecule has 8 nitrogen and oxygen atoms in total. The summed E-state index contributed by atoms with van der Waals surface area (Å²) in [5.74, 6) is 0. The maximum absolute atomic E-state index is 5.37. The van der Waals surface area contributed by atoms with E-state index in [1.54, 1.807) is 0 Å². The maximum atomic E-state index is 5.37. The van der Waals surface area contributed by atoms with Crippen LogP contribution in [0.3, 0.4) is 0 Å². The van der Waals surface area contributed by atoms with Gasteiger partial charge in [-0.2, -0.15) is 0 Å². The number of rotatable bonds is 6. The van der Waals surface area contributed by atoms with E-state index in [0.717, 1.165) is 78.8 Å². The summed E-state index contributed by atoms with van der Waals surface area (Å²) in [5.41, 5.74) is 4.99. The minimum atomic E-state index is -0.106. The van der Waals surface area contributed by atoms with Crippen LogP contribution in [0.5, 0.6) is 0 Å². The van der Waals surface area contributed by atoms with E-state index in [9.17, 15) is 0 Å². The molecule has 0 amide bonds. The predicted molar refractivity (Wildman–Crippen MR) is 157 cm³/mol. The Labute approximate surface area is 250 Å². The van der Waals surface area contributed by atoms with E-state index in [2.05, 4.69) is 91.3 Å². The van der Waals surface area contributed by atoms with Crippen LogP contribution in [0.4, 0.5) is 22.7 Å². The van der Waals surface area contributed by atoms with Gasteiger partial charge >= 0.3 is 35.0 Å². The van der Waals surface area contributed by atoms with E-state index in [0.29, 0.717) is 0 Å². The van der Waals surface area contributed by atoms with Crippen molar-refractivity contribution in [2.45, 2.75) is 0 Å². The number of para-hydroxylation sites is 4. The SMILES string of the molecule is CN1[C]N(CCN2CCOCC2)c2ccccc21.CN1[C]N(CCN2CCOCC2)c2ccccc21.[Cl][Pd][Cl]. The topological polar surface area (TPSA) is 37.9 Å². The second kappa shape index (κ2) is 16.2. The Morgan fingerprint density at radius 2 is 0.949 bits per heavy atom. The Hall–Kier alpha value is -1.28. The van der Waals surface area contributed by atoms with Gasteiger partial charge in [0.05, 0.1) is 49.2 Å². The molecule has 0 aromatic heterocycles. The number of halogens is 2. The molecule has 0 aliphatic carbocycles. The summed E-state index contributed by atoms with van der Waals surface area (Å²) < 4.78 is 10.7. The van der Waals surface area contributed by atoms with E-state index in [-0.39, 0.29) is 15.9 Å². The van der Waals surface area contributed by atoms with Crippen LogP contribution in [0.25, 0.3) is 0 Å². The van der Waals surface area contributed by atoms with Gasteiger partial charge in [-0.1, -0.05) is 24.3 Å². The van der Waals surface area contributed by atoms with Crippen molar-refractivity contribution >= 4 is 41.8 Å². The molecule has 0 unspecified atom stereocenters. The molecule has 2 saturated heterocycles. The Bertz CT molecular complexity index is 919. The molecule has 4 heterocycles. The number of nitrogens with zero attached hydrogens (tertiary/aromatic N) is 6. The van der Waals surface area contributed by atoms with Crippen molar-refractivity contribution in [1.29, 1.82) is 0 Å². The fourth-order valence-corrected chi connectivity index (χ4v) is 5.00. The number of ether oxygens (including phenoxy) is 2. The van der Waals surface area contributed by atoms with E-state index < -0.39 is 0 Å². The Morgan fingerprint density at radius 1 is 0.615 bits per heavy atom. The van der Waals surface area contributed by atoms with Crippen LogP contribution in [0.15, 0.2) is 48.5 Å². The monoisotopic (exact) mass is 666 g/mol. The van der Waals surface area contributed by atoms with Gasteiger partial charge in [-0.05, 0) is 24.3 Å². The third-order valence-corrected chi connectivity index (χ3v) is 7.10. The van der Waals surface area contributed by atoms with Crippen LogP contribution in [-0.4, -0.2) is 103 Å². The Kier molecular flexibility index (Phi) is 12.8. The van der Waals surface area contributed by atoms with Crippen LogP contribution in [0, 0.1) is 13.3 Å². The van der Waals surface area contributed by atoms with Gasteiger partial charge in [-0.3, -0.25) is 9.80 Å². The summed E-state index contributed by atoms with van der Waals surface area (Å²) in [6.45, 7) is 18.5. The molecule has 216 valence electrons. The quantitative estimate of drug-likeness (QED) is 0.430. The molecular weight excluding hydrogens is 630 g/mol. The van der Waals surface area contributed by atoms with Gasteiger partial charge in [-0.25, -0.2) is 0 Å². The first-order valence-electron chi connectivity index (χ1n) is 13.3. The number of anilines is 4. The van der Waals surface area contributed by atoms with Crippen LogP contribution >= 0.6 is 19.1 Å². The number of hydrogen-bond donors (Lipinski definition) is 0. The summed E-state index contributed by atoms with van der Waals surface area (Å²) >= 11 is -0.106. The van der Waals surface area contributed by atoms with Crippen LogP contribution in [-0.2, 0) is 25.4 Å². The minimum absolute atomic E-state index is 0.106. The molecule has 11 heteroatoms. The zero-order valence-electron chi connectivity index (χ0n) is 22.7. The average Bonchev–Trinajstić information content (AvgIpc) is 3.48. The summed E-state index contributed by atoms with van der Waals surface area (Å²) in [5, 5.41) is 0. The van der Waals surface area contributed by atoms with Gasteiger partial charge in [0.2, 0.25) is 13.3 Å². The standard InChI is InChI=1S/2C14H19N3O.2ClH.Pd/c2*1-15-12-17(14-5-3-2-4-13(14)15)7-6-16-8-10-18-11-9-16;;;/h2*2-5H,6-11H2,1H3;2*1H;/q;;;;+2/p-2. The van der Waals surface area contributed by atoms with E-state index in [4.69, 9.17) is 28.5 Å². The number of hydrogen-bond acceptors (Lipinski definition) is 8. The molecule has 6 rings (SSSR count). The first kappa shape index (κ1) is 30.7. The van der Waals surface area contributed by atoms with E-state index >= 15 is 0 Å². The van der Waals surface area contributed by atoms with Gasteiger partial charge in [0, 0.05) is 66.5 Å². The second-order valence-corrected chi connectivity index (χ2v) is 11.9. The zero-order chi connectivity index (χ0) is 27.5. The van der Waals surface area contributed by atoms with Crippen LogP contribution in [0.1, 0.15) is 0 Å². The third-order valence-electron chi connectivity index (χ3n) is 7.10. The number of fused-ring (bicyclic) bond motifs is 2. The summed E-state index contributed by atoms with van der Waals surface area (Å²) in [6, 6.07) is 16.9. The van der Waals surface area contributed by atoms with Crippen LogP contribution < -0.4 is 19.6 Å². The molecule has 39 heavy (non-hydrogen) atoms. The third kappa shape index (κ3) is 8.85. The molecule has 0 atom stereocenters. The summed E-state index contributed by atoms with van der Waals surface area (Å²) in [4.78, 5) is 13.5. The van der Waals surface area contributed by atoms with Crippen molar-refractivity contribution in [3.8, 4) is 0 Å². The van der Waals surface area contributed by atoms with Crippen molar-refractivity contribution in [2.24, 2.45) is 0 Å². The first-order valence-corrected chi connectivity index (χ1v) is 17.3. The van der Waals surface area contributed by atoms with Gasteiger partial charge in [-0.15, -0.1) is 0 Å². The Morgan fingerprint density at radius 3 is 1.31 bits per heavy atom. The van der Waals surface area contributed by atoms with Gasteiger partial charge in [0.15, 0.2) is 0 Å². The normalized spacial score (nSPS) is 19.3. The van der Waals surface area contributed by atoms with E-state index in [1.165, 1.54) is 22.7 Å². The fraction of sp³-hybridized carbons (Fsp3) is 0.500. The summed E-state index contributed by atoms with van der Waals surface area (Å²) in [7, 11) is 13.7. The van der Waals surface area contributed by atoms with Crippen molar-refractivity contribution in [3.05, 3.63) is 61.9 Å². The Balaban J connectivity index is 0.000000165.